The maximum Gasteiger partial charge on any atom is 0.416 e. The Balaban J connectivity index is 2.03. The molecule has 1 aromatic rings. The molecular formula is C18H24F4O2. The highest BCUT2D eigenvalue weighted by atomic mass is 19.4. The highest BCUT2D eigenvalue weighted by Gasteiger charge is 2.34. The van der Waals surface area contributed by atoms with E-state index in [4.69, 9.17) is 4.74 Å². The molecule has 0 radical (unpaired) electrons. The third-order valence-electron chi connectivity index (χ3n) is 4.71. The van der Waals surface area contributed by atoms with Crippen LogP contribution >= 0.6 is 0 Å². The molecule has 0 aliphatic heterocycles. The Morgan fingerprint density at radius 3 is 2.38 bits per heavy atom. The fourth-order valence-electron chi connectivity index (χ4n) is 3.20. The van der Waals surface area contributed by atoms with Crippen molar-refractivity contribution in [2.24, 2.45) is 5.92 Å². The summed E-state index contributed by atoms with van der Waals surface area (Å²) in [5, 5.41) is 10.4. The van der Waals surface area contributed by atoms with E-state index >= 15 is 0 Å². The summed E-state index contributed by atoms with van der Waals surface area (Å²) in [7, 11) is 0. The number of aliphatic hydroxyl groups excluding tert-OH is 1. The monoisotopic (exact) mass is 348 g/mol. The van der Waals surface area contributed by atoms with Gasteiger partial charge in [-0.25, -0.2) is 4.39 Å². The van der Waals surface area contributed by atoms with E-state index in [0.29, 0.717) is 18.4 Å². The first-order chi connectivity index (χ1) is 11.1. The van der Waals surface area contributed by atoms with Crippen LogP contribution in [-0.2, 0) is 6.18 Å². The number of hydrogen-bond acceptors (Lipinski definition) is 2. The molecule has 1 unspecified atom stereocenters. The second-order valence-corrected chi connectivity index (χ2v) is 7.12. The van der Waals surface area contributed by atoms with E-state index in [-0.39, 0.29) is 5.75 Å². The van der Waals surface area contributed by atoms with E-state index in [1.54, 1.807) is 13.8 Å². The lowest BCUT2D eigenvalue weighted by molar-refractivity contribution is -0.138. The lowest BCUT2D eigenvalue weighted by Gasteiger charge is -2.32. The average Bonchev–Trinajstić information content (AvgIpc) is 2.95. The quantitative estimate of drug-likeness (QED) is 0.704. The van der Waals surface area contributed by atoms with Crippen molar-refractivity contribution in [3.8, 4) is 5.75 Å². The molecule has 1 N–H and O–H groups in total. The first-order valence-electron chi connectivity index (χ1n) is 8.33. The van der Waals surface area contributed by atoms with Crippen LogP contribution in [0.2, 0.25) is 0 Å². The average molecular weight is 348 g/mol. The minimum atomic E-state index is -4.65. The van der Waals surface area contributed by atoms with E-state index in [9.17, 15) is 22.7 Å². The van der Waals surface area contributed by atoms with Crippen LogP contribution in [-0.4, -0.2) is 16.8 Å². The molecule has 0 aromatic heterocycles. The maximum absolute atomic E-state index is 13.4. The molecule has 136 valence electrons. The summed E-state index contributed by atoms with van der Waals surface area (Å²) in [6.45, 7) is 3.20. The van der Waals surface area contributed by atoms with Crippen LogP contribution in [0.5, 0.6) is 5.75 Å². The van der Waals surface area contributed by atoms with Gasteiger partial charge in [0.15, 0.2) is 0 Å². The van der Waals surface area contributed by atoms with E-state index < -0.39 is 29.3 Å². The second-order valence-electron chi connectivity index (χ2n) is 7.12. The molecule has 0 heterocycles. The van der Waals surface area contributed by atoms with E-state index in [2.05, 4.69) is 0 Å². The Hall–Kier alpha value is -1.30. The van der Waals surface area contributed by atoms with Gasteiger partial charge in [0, 0.05) is 6.07 Å². The molecule has 24 heavy (non-hydrogen) atoms. The van der Waals surface area contributed by atoms with Crippen molar-refractivity contribution in [3.63, 3.8) is 0 Å². The second kappa shape index (κ2) is 7.30. The number of hydrogen-bond donors (Lipinski definition) is 1. The Morgan fingerprint density at radius 2 is 1.79 bits per heavy atom. The number of ether oxygens (including phenoxy) is 1. The normalized spacial score (nSPS) is 18.0. The Morgan fingerprint density at radius 1 is 1.17 bits per heavy atom. The summed E-state index contributed by atoms with van der Waals surface area (Å²) >= 11 is 0. The van der Waals surface area contributed by atoms with Crippen LogP contribution in [0, 0.1) is 11.7 Å². The van der Waals surface area contributed by atoms with E-state index in [1.165, 1.54) is 12.8 Å². The molecule has 1 aromatic carbocycles. The summed E-state index contributed by atoms with van der Waals surface area (Å²) in [5.41, 5.74) is -2.20. The predicted octanol–water partition coefficient (Wildman–Crippen LogP) is 5.33. The van der Waals surface area contributed by atoms with Crippen molar-refractivity contribution in [2.75, 3.05) is 0 Å². The molecule has 0 amide bonds. The van der Waals surface area contributed by atoms with Crippen molar-refractivity contribution in [1.82, 2.24) is 0 Å². The first-order valence-corrected chi connectivity index (χ1v) is 8.33. The highest BCUT2D eigenvalue weighted by molar-refractivity contribution is 5.32. The van der Waals surface area contributed by atoms with Gasteiger partial charge in [-0.15, -0.1) is 0 Å². The lowest BCUT2D eigenvalue weighted by atomic mass is 9.92. The van der Waals surface area contributed by atoms with Crippen LogP contribution in [0.1, 0.15) is 57.9 Å². The summed E-state index contributed by atoms with van der Waals surface area (Å²) in [5.74, 6) is -0.648. The van der Waals surface area contributed by atoms with Gasteiger partial charge in [0.25, 0.3) is 0 Å². The van der Waals surface area contributed by atoms with E-state index in [1.807, 2.05) is 0 Å². The third-order valence-corrected chi connectivity index (χ3v) is 4.71. The highest BCUT2D eigenvalue weighted by Crippen LogP contribution is 2.35. The maximum atomic E-state index is 13.4. The van der Waals surface area contributed by atoms with Crippen LogP contribution in [0.3, 0.4) is 0 Å². The summed E-state index contributed by atoms with van der Waals surface area (Å²) in [6, 6.07) is 2.09. The Bertz CT molecular complexity index is 548. The van der Waals surface area contributed by atoms with Crippen LogP contribution in [0.15, 0.2) is 18.2 Å². The summed E-state index contributed by atoms with van der Waals surface area (Å²) in [6.07, 6.45) is 0.638. The topological polar surface area (TPSA) is 29.5 Å². The molecule has 1 aliphatic carbocycles. The van der Waals surface area contributed by atoms with Gasteiger partial charge in [-0.05, 0) is 44.7 Å². The minimum absolute atomic E-state index is 0.229. The Kier molecular flexibility index (Phi) is 5.78. The number of aliphatic hydroxyl groups is 1. The number of benzene rings is 1. The zero-order valence-corrected chi connectivity index (χ0v) is 14.0. The van der Waals surface area contributed by atoms with Crippen molar-refractivity contribution >= 4 is 0 Å². The number of rotatable bonds is 6. The van der Waals surface area contributed by atoms with Gasteiger partial charge in [-0.2, -0.15) is 13.2 Å². The minimum Gasteiger partial charge on any atom is -0.485 e. The molecule has 2 nitrogen and oxygen atoms in total. The molecule has 1 atom stereocenters. The van der Waals surface area contributed by atoms with Crippen molar-refractivity contribution in [2.45, 2.75) is 70.3 Å². The standard InChI is InChI=1S/C18H24F4O2/c1-17(2,16(23)8-7-12-5-3-4-6-12)24-15-10-13(18(20,21)22)9-14(19)11-15/h9-12,16,23H,3-8H2,1-2H3. The predicted molar refractivity (Wildman–Crippen MR) is 83.3 cm³/mol. The number of halogens is 4. The lowest BCUT2D eigenvalue weighted by Crippen LogP contribution is -2.42. The zero-order valence-electron chi connectivity index (χ0n) is 14.0. The van der Waals surface area contributed by atoms with Crippen LogP contribution in [0.4, 0.5) is 17.6 Å². The molecular weight excluding hydrogens is 324 g/mol. The fraction of sp³-hybridized carbons (Fsp3) is 0.667. The first kappa shape index (κ1) is 19.0. The summed E-state index contributed by atoms with van der Waals surface area (Å²) < 4.78 is 57.2. The van der Waals surface area contributed by atoms with E-state index in [0.717, 1.165) is 31.4 Å². The SMILES string of the molecule is CC(C)(Oc1cc(F)cc(C(F)(F)F)c1)C(O)CCC1CCCC1. The molecule has 1 aliphatic rings. The molecule has 6 heteroatoms. The molecule has 0 saturated heterocycles. The molecule has 0 spiro atoms. The molecule has 1 fully saturated rings. The van der Waals surface area contributed by atoms with Gasteiger partial charge in [0.05, 0.1) is 11.7 Å². The van der Waals surface area contributed by atoms with Gasteiger partial charge in [0.2, 0.25) is 0 Å². The van der Waals surface area contributed by atoms with Crippen LogP contribution < -0.4 is 4.74 Å². The largest absolute Gasteiger partial charge is 0.485 e. The number of alkyl halides is 3. The molecule has 1 saturated carbocycles. The van der Waals surface area contributed by atoms with Gasteiger partial charge in [-0.1, -0.05) is 25.7 Å². The fourth-order valence-corrected chi connectivity index (χ4v) is 3.20. The van der Waals surface area contributed by atoms with Crippen molar-refractivity contribution in [1.29, 1.82) is 0 Å². The van der Waals surface area contributed by atoms with Gasteiger partial charge in [-0.3, -0.25) is 0 Å². The van der Waals surface area contributed by atoms with Crippen LogP contribution in [0.25, 0.3) is 0 Å². The van der Waals surface area contributed by atoms with Crippen molar-refractivity contribution < 1.29 is 27.4 Å². The van der Waals surface area contributed by atoms with Gasteiger partial charge in [0.1, 0.15) is 17.2 Å². The smallest absolute Gasteiger partial charge is 0.416 e. The molecule has 2 rings (SSSR count). The van der Waals surface area contributed by atoms with Crippen molar-refractivity contribution in [3.05, 3.63) is 29.6 Å². The van der Waals surface area contributed by atoms with Gasteiger partial charge >= 0.3 is 6.18 Å². The summed E-state index contributed by atoms with van der Waals surface area (Å²) in [4.78, 5) is 0. The Labute approximate surface area is 139 Å². The zero-order chi connectivity index (χ0) is 18.0. The van der Waals surface area contributed by atoms with Gasteiger partial charge < -0.3 is 9.84 Å². The molecule has 0 bridgehead atoms. The third kappa shape index (κ3) is 5.10.